The van der Waals surface area contributed by atoms with E-state index >= 15 is 0 Å². The summed E-state index contributed by atoms with van der Waals surface area (Å²) in [6.07, 6.45) is 7.30. The molecule has 1 saturated heterocycles. The summed E-state index contributed by atoms with van der Waals surface area (Å²) in [5.74, 6) is 1.51. The number of carbonyl (C=O) groups excluding carboxylic acids is 2. The van der Waals surface area contributed by atoms with Crippen LogP contribution >= 0.6 is 0 Å². The molecule has 0 aromatic heterocycles. The third-order valence-electron chi connectivity index (χ3n) is 6.11. The molecule has 1 aromatic carbocycles. The second kappa shape index (κ2) is 9.92. The second-order valence-electron chi connectivity index (χ2n) is 7.92. The highest BCUT2D eigenvalue weighted by atomic mass is 16.5. The number of anilines is 1. The highest BCUT2D eigenvalue weighted by Crippen LogP contribution is 2.35. The summed E-state index contributed by atoms with van der Waals surface area (Å²) in [6, 6.07) is 7.67. The molecule has 154 valence electrons. The highest BCUT2D eigenvalue weighted by Gasteiger charge is 2.35. The molecule has 2 fully saturated rings. The Labute approximate surface area is 168 Å². The average Bonchev–Trinajstić information content (AvgIpc) is 2.73. The fourth-order valence-electron chi connectivity index (χ4n) is 4.57. The number of amides is 2. The summed E-state index contributed by atoms with van der Waals surface area (Å²) in [5, 5.41) is 2.90. The maximum atomic E-state index is 13.0. The van der Waals surface area contributed by atoms with Crippen LogP contribution in [0.1, 0.15) is 45.4 Å². The Morgan fingerprint density at radius 2 is 1.82 bits per heavy atom. The lowest BCUT2D eigenvalue weighted by Crippen LogP contribution is -2.52. The fraction of sp³-hybridized carbons (Fsp3) is 0.636. The fourth-order valence-corrected chi connectivity index (χ4v) is 4.57. The number of hydrogen-bond acceptors (Lipinski definition) is 4. The van der Waals surface area contributed by atoms with Gasteiger partial charge in [-0.15, -0.1) is 0 Å². The van der Waals surface area contributed by atoms with Crippen LogP contribution in [0, 0.1) is 5.92 Å². The third-order valence-corrected chi connectivity index (χ3v) is 6.11. The predicted octanol–water partition coefficient (Wildman–Crippen LogP) is 3.14. The van der Waals surface area contributed by atoms with Gasteiger partial charge in [0.05, 0.1) is 20.2 Å². The van der Waals surface area contributed by atoms with Crippen LogP contribution in [0.4, 0.5) is 5.69 Å². The van der Waals surface area contributed by atoms with Gasteiger partial charge >= 0.3 is 0 Å². The van der Waals surface area contributed by atoms with E-state index in [9.17, 15) is 9.59 Å². The number of fused-ring (bicyclic) bond motifs is 1. The van der Waals surface area contributed by atoms with Crippen molar-refractivity contribution in [3.63, 3.8) is 0 Å². The minimum Gasteiger partial charge on any atom is -0.497 e. The van der Waals surface area contributed by atoms with E-state index in [0.717, 1.165) is 30.8 Å². The molecule has 1 aliphatic carbocycles. The molecule has 2 aliphatic rings. The van der Waals surface area contributed by atoms with Crippen molar-refractivity contribution < 1.29 is 14.3 Å². The summed E-state index contributed by atoms with van der Waals surface area (Å²) in [4.78, 5) is 29.4. The zero-order valence-corrected chi connectivity index (χ0v) is 17.2. The standard InChI is InChI=1S/C22H33N3O3/c1-3-24(15-21(26)23-18-10-12-19(28-2)13-11-18)16-22(27)25-14-6-8-17-7-4-5-9-20(17)25/h10-13,17,20H,3-9,14-16H2,1-2H3,(H,23,26)/t17-,20+/m1/s1. The van der Waals surface area contributed by atoms with E-state index in [1.807, 2.05) is 36.1 Å². The van der Waals surface area contributed by atoms with E-state index in [1.165, 1.54) is 25.7 Å². The largest absolute Gasteiger partial charge is 0.497 e. The zero-order valence-electron chi connectivity index (χ0n) is 17.2. The number of nitrogens with zero attached hydrogens (tertiary/aromatic N) is 2. The number of methoxy groups -OCH3 is 1. The average molecular weight is 388 g/mol. The quantitative estimate of drug-likeness (QED) is 0.781. The summed E-state index contributed by atoms with van der Waals surface area (Å²) in [6.45, 7) is 4.07. The molecule has 2 atom stereocenters. The van der Waals surface area contributed by atoms with Gasteiger partial charge in [-0.25, -0.2) is 0 Å². The SMILES string of the molecule is CCN(CC(=O)Nc1ccc(OC)cc1)CC(=O)N1CCC[C@H]2CCCC[C@@H]21. The minimum absolute atomic E-state index is 0.103. The molecule has 0 radical (unpaired) electrons. The predicted molar refractivity (Wildman–Crippen MR) is 110 cm³/mol. The van der Waals surface area contributed by atoms with Crippen molar-refractivity contribution in [3.05, 3.63) is 24.3 Å². The van der Waals surface area contributed by atoms with Crippen LogP contribution in [0.5, 0.6) is 5.75 Å². The summed E-state index contributed by atoms with van der Waals surface area (Å²) >= 11 is 0. The van der Waals surface area contributed by atoms with Crippen LogP contribution in [0.15, 0.2) is 24.3 Å². The van der Waals surface area contributed by atoms with Crippen molar-refractivity contribution in [2.75, 3.05) is 38.6 Å². The van der Waals surface area contributed by atoms with E-state index in [1.54, 1.807) is 7.11 Å². The number of benzene rings is 1. The van der Waals surface area contributed by atoms with Crippen molar-refractivity contribution in [1.82, 2.24) is 9.80 Å². The van der Waals surface area contributed by atoms with Crippen molar-refractivity contribution in [2.45, 2.75) is 51.5 Å². The molecule has 1 aliphatic heterocycles. The molecular weight excluding hydrogens is 354 g/mol. The van der Waals surface area contributed by atoms with Crippen molar-refractivity contribution in [1.29, 1.82) is 0 Å². The first-order valence-electron chi connectivity index (χ1n) is 10.6. The Kier molecular flexibility index (Phi) is 7.31. The van der Waals surface area contributed by atoms with E-state index < -0.39 is 0 Å². The third kappa shape index (κ3) is 5.25. The molecule has 2 amide bonds. The first-order chi connectivity index (χ1) is 13.6. The maximum absolute atomic E-state index is 13.0. The number of likely N-dealkylation sites (tertiary alicyclic amines) is 1. The Bertz CT molecular complexity index is 659. The number of rotatable bonds is 7. The first kappa shape index (κ1) is 20.6. The molecule has 6 nitrogen and oxygen atoms in total. The normalized spacial score (nSPS) is 21.9. The molecule has 6 heteroatoms. The van der Waals surface area contributed by atoms with Gasteiger partial charge in [-0.05, 0) is 62.4 Å². The molecule has 1 N–H and O–H groups in total. The Morgan fingerprint density at radius 3 is 2.54 bits per heavy atom. The van der Waals surface area contributed by atoms with Crippen LogP contribution in [0.3, 0.4) is 0 Å². The topological polar surface area (TPSA) is 61.9 Å². The molecule has 1 aromatic rings. The molecule has 28 heavy (non-hydrogen) atoms. The number of hydrogen-bond donors (Lipinski definition) is 1. The van der Waals surface area contributed by atoms with Gasteiger partial charge in [-0.3, -0.25) is 14.5 Å². The van der Waals surface area contributed by atoms with Gasteiger partial charge in [0.15, 0.2) is 0 Å². The molecule has 0 spiro atoms. The number of ether oxygens (including phenoxy) is 1. The lowest BCUT2D eigenvalue weighted by Gasteiger charge is -2.44. The van der Waals surface area contributed by atoms with E-state index in [0.29, 0.717) is 25.0 Å². The van der Waals surface area contributed by atoms with Crippen LogP contribution in [0.2, 0.25) is 0 Å². The molecule has 1 heterocycles. The number of nitrogens with one attached hydrogen (secondary N) is 1. The van der Waals surface area contributed by atoms with Gasteiger partial charge in [0, 0.05) is 18.3 Å². The number of piperidine rings is 1. The maximum Gasteiger partial charge on any atom is 0.238 e. The van der Waals surface area contributed by atoms with Crippen molar-refractivity contribution in [3.8, 4) is 5.75 Å². The highest BCUT2D eigenvalue weighted by molar-refractivity contribution is 5.92. The van der Waals surface area contributed by atoms with Gasteiger partial charge in [-0.1, -0.05) is 19.8 Å². The smallest absolute Gasteiger partial charge is 0.238 e. The van der Waals surface area contributed by atoms with E-state index in [-0.39, 0.29) is 18.4 Å². The summed E-state index contributed by atoms with van der Waals surface area (Å²) < 4.78 is 5.13. The lowest BCUT2D eigenvalue weighted by molar-refractivity contribution is -0.139. The minimum atomic E-state index is -0.103. The van der Waals surface area contributed by atoms with Gasteiger partial charge in [0.1, 0.15) is 5.75 Å². The van der Waals surface area contributed by atoms with Gasteiger partial charge < -0.3 is 15.0 Å². The van der Waals surface area contributed by atoms with Gasteiger partial charge in [0.25, 0.3) is 0 Å². The van der Waals surface area contributed by atoms with Crippen LogP contribution < -0.4 is 10.1 Å². The van der Waals surface area contributed by atoms with Crippen molar-refractivity contribution in [2.24, 2.45) is 5.92 Å². The Balaban J connectivity index is 1.52. The molecule has 0 unspecified atom stereocenters. The van der Waals surface area contributed by atoms with Gasteiger partial charge in [-0.2, -0.15) is 0 Å². The second-order valence-corrected chi connectivity index (χ2v) is 7.92. The summed E-state index contributed by atoms with van der Waals surface area (Å²) in [5.41, 5.74) is 0.731. The van der Waals surface area contributed by atoms with Gasteiger partial charge in [0.2, 0.25) is 11.8 Å². The summed E-state index contributed by atoms with van der Waals surface area (Å²) in [7, 11) is 1.61. The molecule has 0 bridgehead atoms. The van der Waals surface area contributed by atoms with Crippen molar-refractivity contribution >= 4 is 17.5 Å². The molecule has 3 rings (SSSR count). The Morgan fingerprint density at radius 1 is 1.11 bits per heavy atom. The van der Waals surface area contributed by atoms with Crippen LogP contribution in [0.25, 0.3) is 0 Å². The monoisotopic (exact) mass is 387 g/mol. The van der Waals surface area contributed by atoms with Crippen LogP contribution in [-0.2, 0) is 9.59 Å². The van der Waals surface area contributed by atoms with Crippen LogP contribution in [-0.4, -0.2) is 60.9 Å². The molecular formula is C22H33N3O3. The molecule has 1 saturated carbocycles. The first-order valence-corrected chi connectivity index (χ1v) is 10.6. The van der Waals surface area contributed by atoms with E-state index in [4.69, 9.17) is 4.74 Å². The van der Waals surface area contributed by atoms with E-state index in [2.05, 4.69) is 10.2 Å². The lowest BCUT2D eigenvalue weighted by atomic mass is 9.78. The number of carbonyl (C=O) groups is 2. The number of likely N-dealkylation sites (N-methyl/N-ethyl adjacent to an activating group) is 1. The zero-order chi connectivity index (χ0) is 19.9. The Hall–Kier alpha value is -2.08.